The van der Waals surface area contributed by atoms with E-state index in [0.717, 1.165) is 5.71 Å². The second kappa shape index (κ2) is 11.9. The molecule has 0 aliphatic heterocycles. The van der Waals surface area contributed by atoms with Crippen LogP contribution in [0.1, 0.15) is 40.5 Å². The molecular formula is C14H29N2O4P. The van der Waals surface area contributed by atoms with Crippen molar-refractivity contribution in [1.29, 1.82) is 0 Å². The van der Waals surface area contributed by atoms with Gasteiger partial charge in [-0.25, -0.2) is 0 Å². The van der Waals surface area contributed by atoms with E-state index in [1.807, 2.05) is 34.9 Å². The molecule has 0 aromatic heterocycles. The number of carbonyl (C=O) groups is 1. The largest absolute Gasteiger partial charge is 0.466 e. The summed E-state index contributed by atoms with van der Waals surface area (Å²) in [5.41, 5.74) is 0.906. The standard InChI is InChI=1S/C14H29N2O4P/c1-7-18-14(17)11-10-13(12(4)15-16(5)6)21(19-8-2)20-9-3/h13H,7-11H2,1-6H3/b15-12+. The molecule has 0 aliphatic rings. The molecule has 0 N–H and O–H groups in total. The van der Waals surface area contributed by atoms with Crippen LogP contribution < -0.4 is 0 Å². The molecule has 0 spiro atoms. The molecule has 1 atom stereocenters. The molecule has 6 nitrogen and oxygen atoms in total. The van der Waals surface area contributed by atoms with Crippen molar-refractivity contribution in [3.05, 3.63) is 0 Å². The van der Waals surface area contributed by atoms with E-state index in [4.69, 9.17) is 13.8 Å². The molecule has 0 rings (SSSR count). The van der Waals surface area contributed by atoms with E-state index in [1.165, 1.54) is 0 Å². The minimum atomic E-state index is -1.10. The van der Waals surface area contributed by atoms with E-state index in [1.54, 1.807) is 11.9 Å². The highest BCUT2D eigenvalue weighted by Gasteiger charge is 2.27. The summed E-state index contributed by atoms with van der Waals surface area (Å²) in [6.07, 6.45) is 0.964. The predicted molar refractivity (Wildman–Crippen MR) is 86.6 cm³/mol. The van der Waals surface area contributed by atoms with Crippen molar-refractivity contribution in [2.24, 2.45) is 5.10 Å². The average Bonchev–Trinajstić information content (AvgIpc) is 2.38. The van der Waals surface area contributed by atoms with Gasteiger partial charge < -0.3 is 18.8 Å². The van der Waals surface area contributed by atoms with Crippen molar-refractivity contribution >= 4 is 20.1 Å². The normalized spacial score (nSPS) is 13.4. The van der Waals surface area contributed by atoms with Crippen LogP contribution in [0.5, 0.6) is 0 Å². The van der Waals surface area contributed by atoms with Gasteiger partial charge in [-0.15, -0.1) is 0 Å². The highest BCUT2D eigenvalue weighted by molar-refractivity contribution is 7.49. The van der Waals surface area contributed by atoms with Crippen LogP contribution in [0, 0.1) is 0 Å². The number of ether oxygens (including phenoxy) is 1. The highest BCUT2D eigenvalue weighted by atomic mass is 31.2. The number of hydrogen-bond acceptors (Lipinski definition) is 6. The maximum atomic E-state index is 11.6. The smallest absolute Gasteiger partial charge is 0.305 e. The first-order valence-corrected chi connectivity index (χ1v) is 8.63. The molecule has 7 heteroatoms. The van der Waals surface area contributed by atoms with Gasteiger partial charge in [-0.1, -0.05) is 0 Å². The maximum absolute atomic E-state index is 11.6. The number of rotatable bonds is 11. The van der Waals surface area contributed by atoms with Crippen LogP contribution in [-0.4, -0.2) is 56.3 Å². The molecule has 0 heterocycles. The summed E-state index contributed by atoms with van der Waals surface area (Å²) in [7, 11) is 2.64. The van der Waals surface area contributed by atoms with E-state index >= 15 is 0 Å². The van der Waals surface area contributed by atoms with Gasteiger partial charge in [0.25, 0.3) is 0 Å². The van der Waals surface area contributed by atoms with Gasteiger partial charge in [0.1, 0.15) is 0 Å². The van der Waals surface area contributed by atoms with Gasteiger partial charge in [0, 0.05) is 26.2 Å². The zero-order chi connectivity index (χ0) is 16.3. The molecule has 0 amide bonds. The fourth-order valence-corrected chi connectivity index (χ4v) is 3.45. The molecule has 0 bridgehead atoms. The third kappa shape index (κ3) is 9.02. The van der Waals surface area contributed by atoms with E-state index in [0.29, 0.717) is 32.7 Å². The van der Waals surface area contributed by atoms with Crippen molar-refractivity contribution in [3.63, 3.8) is 0 Å². The topological polar surface area (TPSA) is 60.4 Å². The summed E-state index contributed by atoms with van der Waals surface area (Å²) in [4.78, 5) is 11.6. The van der Waals surface area contributed by atoms with Crippen LogP contribution in [0.2, 0.25) is 0 Å². The van der Waals surface area contributed by atoms with Gasteiger partial charge >= 0.3 is 5.97 Å². The molecule has 21 heavy (non-hydrogen) atoms. The molecule has 124 valence electrons. The molecule has 0 aromatic rings. The Labute approximate surface area is 129 Å². The molecule has 0 aromatic carbocycles. The monoisotopic (exact) mass is 320 g/mol. The lowest BCUT2D eigenvalue weighted by molar-refractivity contribution is -0.143. The molecule has 0 fully saturated rings. The fraction of sp³-hybridized carbons (Fsp3) is 0.857. The third-order valence-electron chi connectivity index (χ3n) is 2.53. The predicted octanol–water partition coefficient (Wildman–Crippen LogP) is 3.02. The zero-order valence-electron chi connectivity index (χ0n) is 14.1. The van der Waals surface area contributed by atoms with Gasteiger partial charge in [0.05, 0.1) is 25.5 Å². The molecular weight excluding hydrogens is 291 g/mol. The first-order chi connectivity index (χ1) is 9.96. The van der Waals surface area contributed by atoms with Gasteiger partial charge in [0.15, 0.2) is 8.38 Å². The van der Waals surface area contributed by atoms with E-state index in [-0.39, 0.29) is 11.6 Å². The molecule has 0 radical (unpaired) electrons. The highest BCUT2D eigenvalue weighted by Crippen LogP contribution is 2.46. The lowest BCUT2D eigenvalue weighted by Gasteiger charge is -2.26. The molecule has 0 saturated carbocycles. The number of hydrazone groups is 1. The van der Waals surface area contributed by atoms with Gasteiger partial charge in [-0.05, 0) is 34.1 Å². The van der Waals surface area contributed by atoms with Crippen LogP contribution in [0.3, 0.4) is 0 Å². The lowest BCUT2D eigenvalue weighted by Crippen LogP contribution is -2.23. The molecule has 0 aliphatic carbocycles. The van der Waals surface area contributed by atoms with Crippen LogP contribution >= 0.6 is 8.38 Å². The Hall–Kier alpha value is -0.710. The lowest BCUT2D eigenvalue weighted by atomic mass is 10.2. The quantitative estimate of drug-likeness (QED) is 0.253. The number of esters is 1. The summed E-state index contributed by atoms with van der Waals surface area (Å²) in [5, 5.41) is 6.19. The summed E-state index contributed by atoms with van der Waals surface area (Å²) >= 11 is 0. The first-order valence-electron chi connectivity index (χ1n) is 7.39. The Bertz CT molecular complexity index is 318. The van der Waals surface area contributed by atoms with Crippen molar-refractivity contribution in [1.82, 2.24) is 5.01 Å². The van der Waals surface area contributed by atoms with E-state index in [2.05, 4.69) is 5.10 Å². The number of carbonyl (C=O) groups excluding carboxylic acids is 1. The Morgan fingerprint density at radius 2 is 1.71 bits per heavy atom. The second-order valence-electron chi connectivity index (χ2n) is 4.57. The van der Waals surface area contributed by atoms with Gasteiger partial charge in [-0.2, -0.15) is 5.10 Å². The van der Waals surface area contributed by atoms with Gasteiger partial charge in [-0.3, -0.25) is 4.79 Å². The summed E-state index contributed by atoms with van der Waals surface area (Å²) in [6.45, 7) is 9.20. The van der Waals surface area contributed by atoms with Crippen molar-refractivity contribution in [2.45, 2.75) is 46.2 Å². The van der Waals surface area contributed by atoms with Crippen molar-refractivity contribution < 1.29 is 18.6 Å². The minimum absolute atomic E-state index is 0.00768. The number of hydrogen-bond donors (Lipinski definition) is 0. The Morgan fingerprint density at radius 3 is 2.14 bits per heavy atom. The third-order valence-corrected chi connectivity index (χ3v) is 4.70. The second-order valence-corrected chi connectivity index (χ2v) is 6.28. The Balaban J connectivity index is 4.92. The van der Waals surface area contributed by atoms with E-state index < -0.39 is 8.38 Å². The fourth-order valence-electron chi connectivity index (χ4n) is 1.81. The molecule has 1 unspecified atom stereocenters. The van der Waals surface area contributed by atoms with Gasteiger partial charge in [0.2, 0.25) is 0 Å². The maximum Gasteiger partial charge on any atom is 0.305 e. The summed E-state index contributed by atoms with van der Waals surface area (Å²) in [5.74, 6) is -0.192. The van der Waals surface area contributed by atoms with Crippen LogP contribution in [0.15, 0.2) is 5.10 Å². The van der Waals surface area contributed by atoms with Crippen LogP contribution in [0.4, 0.5) is 0 Å². The Kier molecular flexibility index (Phi) is 11.5. The first kappa shape index (κ1) is 20.3. The van der Waals surface area contributed by atoms with Crippen molar-refractivity contribution in [3.8, 4) is 0 Å². The zero-order valence-corrected chi connectivity index (χ0v) is 15.0. The minimum Gasteiger partial charge on any atom is -0.466 e. The SMILES string of the molecule is CCOC(=O)CCC(/C(C)=N/N(C)C)P(OCC)OCC. The summed E-state index contributed by atoms with van der Waals surface area (Å²) < 4.78 is 16.5. The Morgan fingerprint density at radius 1 is 1.14 bits per heavy atom. The van der Waals surface area contributed by atoms with Crippen LogP contribution in [0.25, 0.3) is 0 Å². The average molecular weight is 320 g/mol. The molecule has 0 saturated heterocycles. The number of nitrogens with zero attached hydrogens (tertiary/aromatic N) is 2. The van der Waals surface area contributed by atoms with E-state index in [9.17, 15) is 4.79 Å². The van der Waals surface area contributed by atoms with Crippen molar-refractivity contribution in [2.75, 3.05) is 33.9 Å². The van der Waals surface area contributed by atoms with Crippen LogP contribution in [-0.2, 0) is 18.6 Å². The summed E-state index contributed by atoms with van der Waals surface area (Å²) in [6, 6.07) is 0.